The Balaban J connectivity index is 2.03. The summed E-state index contributed by atoms with van der Waals surface area (Å²) in [4.78, 5) is -0.0613. The normalized spacial score (nSPS) is 23.7. The average Bonchev–Trinajstić information content (AvgIpc) is 2.26. The van der Waals surface area contributed by atoms with Crippen molar-refractivity contribution >= 4 is 21.6 Å². The first-order chi connectivity index (χ1) is 8.38. The van der Waals surface area contributed by atoms with Gasteiger partial charge in [-0.3, -0.25) is 0 Å². The van der Waals surface area contributed by atoms with Gasteiger partial charge in [-0.1, -0.05) is 11.6 Å². The van der Waals surface area contributed by atoms with Crippen molar-refractivity contribution in [3.05, 3.63) is 29.0 Å². The van der Waals surface area contributed by atoms with Gasteiger partial charge >= 0.3 is 0 Å². The smallest absolute Gasteiger partial charge is 0.240 e. The molecule has 18 heavy (non-hydrogen) atoms. The highest BCUT2D eigenvalue weighted by molar-refractivity contribution is 7.89. The van der Waals surface area contributed by atoms with Crippen LogP contribution in [0.25, 0.3) is 0 Å². The van der Waals surface area contributed by atoms with E-state index >= 15 is 0 Å². The van der Waals surface area contributed by atoms with E-state index < -0.39 is 15.8 Å². The lowest BCUT2D eigenvalue weighted by molar-refractivity contribution is 0.0453. The van der Waals surface area contributed by atoms with Crippen LogP contribution in [0, 0.1) is 11.7 Å². The quantitative estimate of drug-likeness (QED) is 0.885. The summed E-state index contributed by atoms with van der Waals surface area (Å²) in [5.74, 6) is -0.497. The van der Waals surface area contributed by atoms with E-state index in [-0.39, 0.29) is 28.5 Å². The second kappa shape index (κ2) is 5.13. The Labute approximate surface area is 110 Å². The van der Waals surface area contributed by atoms with Crippen molar-refractivity contribution in [2.45, 2.75) is 23.8 Å². The Morgan fingerprint density at radius 3 is 2.67 bits per heavy atom. The summed E-state index contributed by atoms with van der Waals surface area (Å²) in [5, 5.41) is 8.87. The van der Waals surface area contributed by atoms with Gasteiger partial charge in [0, 0.05) is 6.54 Å². The molecule has 1 saturated carbocycles. The van der Waals surface area contributed by atoms with Crippen LogP contribution in [0.1, 0.15) is 12.8 Å². The molecule has 1 aliphatic rings. The minimum atomic E-state index is -3.67. The molecule has 100 valence electrons. The van der Waals surface area contributed by atoms with Crippen molar-refractivity contribution in [1.29, 1.82) is 0 Å². The molecule has 0 heterocycles. The van der Waals surface area contributed by atoms with Crippen LogP contribution < -0.4 is 4.72 Å². The van der Waals surface area contributed by atoms with Crippen molar-refractivity contribution in [3.63, 3.8) is 0 Å². The monoisotopic (exact) mass is 293 g/mol. The zero-order valence-corrected chi connectivity index (χ0v) is 11.0. The highest BCUT2D eigenvalue weighted by Gasteiger charge is 2.28. The number of hydrogen-bond donors (Lipinski definition) is 2. The maximum Gasteiger partial charge on any atom is 0.240 e. The van der Waals surface area contributed by atoms with Gasteiger partial charge in [-0.15, -0.1) is 0 Å². The maximum atomic E-state index is 12.9. The van der Waals surface area contributed by atoms with E-state index in [2.05, 4.69) is 4.72 Å². The molecule has 0 saturated heterocycles. The Bertz CT molecular complexity index is 543. The number of benzene rings is 1. The van der Waals surface area contributed by atoms with Crippen LogP contribution in [-0.4, -0.2) is 26.2 Å². The number of sulfonamides is 1. The van der Waals surface area contributed by atoms with Crippen LogP contribution in [0.5, 0.6) is 0 Å². The fourth-order valence-corrected chi connectivity index (χ4v) is 3.21. The number of aliphatic hydroxyl groups is 1. The molecule has 0 atom stereocenters. The third-order valence-corrected chi connectivity index (χ3v) is 4.69. The van der Waals surface area contributed by atoms with Gasteiger partial charge in [0.2, 0.25) is 10.0 Å². The molecule has 0 spiro atoms. The summed E-state index contributed by atoms with van der Waals surface area (Å²) in [6.45, 7) is 0.272. The van der Waals surface area contributed by atoms with E-state index in [1.807, 2.05) is 0 Å². The molecular formula is C11H13ClFNO3S. The van der Waals surface area contributed by atoms with Gasteiger partial charge in [-0.25, -0.2) is 17.5 Å². The molecule has 2 rings (SSSR count). The number of aliphatic hydroxyl groups excluding tert-OH is 1. The van der Waals surface area contributed by atoms with Gasteiger partial charge in [0.25, 0.3) is 0 Å². The summed E-state index contributed by atoms with van der Waals surface area (Å²) in [7, 11) is -3.67. The molecule has 0 aromatic heterocycles. The molecule has 0 aliphatic heterocycles. The summed E-state index contributed by atoms with van der Waals surface area (Å²) in [6, 6.07) is 3.26. The number of nitrogens with one attached hydrogen (secondary N) is 1. The third kappa shape index (κ3) is 3.00. The molecule has 0 unspecified atom stereocenters. The standard InChI is InChI=1S/C11H13ClFNO3S/c12-10-5-9(1-2-11(10)13)18(16,17)14-6-7-3-8(15)4-7/h1-2,5,7-8,14-15H,3-4,6H2. The second-order valence-corrected chi connectivity index (χ2v) is 6.59. The first kappa shape index (κ1) is 13.7. The van der Waals surface area contributed by atoms with Gasteiger partial charge in [0.15, 0.2) is 0 Å². The zero-order chi connectivity index (χ0) is 13.3. The molecular weight excluding hydrogens is 281 g/mol. The molecule has 0 bridgehead atoms. The van der Waals surface area contributed by atoms with Gasteiger partial charge in [-0.05, 0) is 37.0 Å². The van der Waals surface area contributed by atoms with E-state index in [0.717, 1.165) is 12.1 Å². The SMILES string of the molecule is O=S(=O)(NCC1CC(O)C1)c1ccc(F)c(Cl)c1. The predicted octanol–water partition coefficient (Wildman–Crippen LogP) is 1.53. The number of rotatable bonds is 4. The van der Waals surface area contributed by atoms with Crippen LogP contribution in [-0.2, 0) is 10.0 Å². The molecule has 4 nitrogen and oxygen atoms in total. The topological polar surface area (TPSA) is 66.4 Å². The summed E-state index contributed by atoms with van der Waals surface area (Å²) in [6.07, 6.45) is 0.888. The first-order valence-corrected chi connectivity index (χ1v) is 7.37. The highest BCUT2D eigenvalue weighted by Crippen LogP contribution is 2.27. The fraction of sp³-hybridized carbons (Fsp3) is 0.455. The second-order valence-electron chi connectivity index (χ2n) is 4.42. The van der Waals surface area contributed by atoms with Crippen LogP contribution in [0.4, 0.5) is 4.39 Å². The van der Waals surface area contributed by atoms with Gasteiger partial charge in [-0.2, -0.15) is 0 Å². The molecule has 0 radical (unpaired) electrons. The summed E-state index contributed by atoms with van der Waals surface area (Å²) >= 11 is 5.54. The lowest BCUT2D eigenvalue weighted by Crippen LogP contribution is -2.38. The molecule has 7 heteroatoms. The van der Waals surface area contributed by atoms with E-state index in [4.69, 9.17) is 16.7 Å². The minimum absolute atomic E-state index is 0.0613. The number of hydrogen-bond acceptors (Lipinski definition) is 3. The molecule has 1 fully saturated rings. The van der Waals surface area contributed by atoms with Crippen molar-refractivity contribution < 1.29 is 17.9 Å². The van der Waals surface area contributed by atoms with E-state index in [1.54, 1.807) is 0 Å². The minimum Gasteiger partial charge on any atom is -0.393 e. The van der Waals surface area contributed by atoms with Crippen LogP contribution in [0.3, 0.4) is 0 Å². The van der Waals surface area contributed by atoms with Crippen molar-refractivity contribution in [1.82, 2.24) is 4.72 Å². The van der Waals surface area contributed by atoms with Crippen molar-refractivity contribution in [3.8, 4) is 0 Å². The largest absolute Gasteiger partial charge is 0.393 e. The average molecular weight is 294 g/mol. The lowest BCUT2D eigenvalue weighted by Gasteiger charge is -2.31. The Kier molecular flexibility index (Phi) is 3.91. The van der Waals surface area contributed by atoms with Crippen LogP contribution >= 0.6 is 11.6 Å². The molecule has 2 N–H and O–H groups in total. The van der Waals surface area contributed by atoms with Crippen molar-refractivity contribution in [2.24, 2.45) is 5.92 Å². The lowest BCUT2D eigenvalue weighted by atomic mass is 9.83. The van der Waals surface area contributed by atoms with Gasteiger partial charge in [0.1, 0.15) is 5.82 Å². The Hall–Kier alpha value is -0.690. The Morgan fingerprint density at radius 1 is 1.44 bits per heavy atom. The van der Waals surface area contributed by atoms with E-state index in [1.165, 1.54) is 6.07 Å². The van der Waals surface area contributed by atoms with Gasteiger partial charge < -0.3 is 5.11 Å². The third-order valence-electron chi connectivity index (χ3n) is 2.97. The zero-order valence-electron chi connectivity index (χ0n) is 9.44. The van der Waals surface area contributed by atoms with Crippen LogP contribution in [0.2, 0.25) is 5.02 Å². The van der Waals surface area contributed by atoms with E-state index in [0.29, 0.717) is 12.8 Å². The summed E-state index contributed by atoms with van der Waals surface area (Å²) in [5.41, 5.74) is 0. The van der Waals surface area contributed by atoms with Gasteiger partial charge in [0.05, 0.1) is 16.0 Å². The fourth-order valence-electron chi connectivity index (χ4n) is 1.82. The van der Waals surface area contributed by atoms with E-state index in [9.17, 15) is 12.8 Å². The molecule has 1 aromatic rings. The van der Waals surface area contributed by atoms with Crippen LogP contribution in [0.15, 0.2) is 23.1 Å². The predicted molar refractivity (Wildman–Crippen MR) is 65.3 cm³/mol. The summed E-state index contributed by atoms with van der Waals surface area (Å²) < 4.78 is 39.1. The highest BCUT2D eigenvalue weighted by atomic mass is 35.5. The molecule has 1 aliphatic carbocycles. The molecule has 0 amide bonds. The Morgan fingerprint density at radius 2 is 2.11 bits per heavy atom. The first-order valence-electron chi connectivity index (χ1n) is 5.51. The number of halogens is 2. The molecule has 1 aromatic carbocycles. The van der Waals surface area contributed by atoms with Crippen molar-refractivity contribution in [2.75, 3.05) is 6.54 Å². The maximum absolute atomic E-state index is 12.9.